The predicted molar refractivity (Wildman–Crippen MR) is 95.8 cm³/mol. The molecule has 1 aliphatic carbocycles. The van der Waals surface area contributed by atoms with Gasteiger partial charge in [-0.05, 0) is 50.3 Å². The first kappa shape index (κ1) is 16.6. The number of carbonyl (C=O) groups is 1. The van der Waals surface area contributed by atoms with Crippen molar-refractivity contribution in [1.82, 2.24) is 14.8 Å². The summed E-state index contributed by atoms with van der Waals surface area (Å²) in [4.78, 5) is 17.3. The van der Waals surface area contributed by atoms with E-state index in [4.69, 9.17) is 9.47 Å². The molecule has 2 heterocycles. The summed E-state index contributed by atoms with van der Waals surface area (Å²) in [6, 6.07) is 7.25. The molecule has 0 saturated heterocycles. The minimum atomic E-state index is -0.405. The first-order valence-corrected chi connectivity index (χ1v) is 8.89. The molecule has 1 N–H and O–H groups in total. The molecule has 0 radical (unpaired) electrons. The summed E-state index contributed by atoms with van der Waals surface area (Å²) in [5.74, 6) is 1.03. The predicted octanol–water partition coefficient (Wildman–Crippen LogP) is 3.06. The van der Waals surface area contributed by atoms with Gasteiger partial charge in [0.25, 0.3) is 0 Å². The number of ether oxygens (including phenoxy) is 2. The van der Waals surface area contributed by atoms with E-state index in [2.05, 4.69) is 15.4 Å². The number of nitrogens with one attached hydrogen (secondary N) is 1. The molecule has 1 atom stereocenters. The summed E-state index contributed by atoms with van der Waals surface area (Å²) in [6.07, 6.45) is 5.58. The number of esters is 1. The Kier molecular flexibility index (Phi) is 4.36. The van der Waals surface area contributed by atoms with Crippen LogP contribution in [0.15, 0.2) is 41.9 Å². The van der Waals surface area contributed by atoms with Gasteiger partial charge in [0, 0.05) is 5.70 Å². The number of hydrogen-bond donors (Lipinski definition) is 1. The second-order valence-electron chi connectivity index (χ2n) is 6.68. The van der Waals surface area contributed by atoms with Crippen molar-refractivity contribution >= 4 is 11.9 Å². The third kappa shape index (κ3) is 2.94. The summed E-state index contributed by atoms with van der Waals surface area (Å²) in [5, 5.41) is 7.49. The zero-order valence-electron chi connectivity index (χ0n) is 14.9. The number of nitrogens with zero attached hydrogens (tertiary/aromatic N) is 3. The second kappa shape index (κ2) is 6.82. The number of allylic oxidation sites excluding steroid dienone is 1. The van der Waals surface area contributed by atoms with E-state index in [1.165, 1.54) is 6.33 Å². The highest BCUT2D eigenvalue weighted by molar-refractivity contribution is 5.92. The van der Waals surface area contributed by atoms with Crippen molar-refractivity contribution in [3.63, 3.8) is 0 Å². The lowest BCUT2D eigenvalue weighted by atomic mass is 9.95. The molecule has 0 bridgehead atoms. The molecule has 7 heteroatoms. The summed E-state index contributed by atoms with van der Waals surface area (Å²) in [6.45, 7) is 1.87. The van der Waals surface area contributed by atoms with Gasteiger partial charge in [-0.3, -0.25) is 0 Å². The van der Waals surface area contributed by atoms with Gasteiger partial charge in [0.2, 0.25) is 5.95 Å². The smallest absolute Gasteiger partial charge is 0.338 e. The summed E-state index contributed by atoms with van der Waals surface area (Å²) < 4.78 is 12.9. The standard InChI is InChI=1S/C19H22N4O3/c1-12-16(18(24)26-14-7-3-4-8-14)17(23-19(22-12)20-11-21-23)13-6-5-9-15(10-13)25-2/h5-6,9-11,14,17H,3-4,7-8H2,1-2H3,(H,20,21,22)/t17-/m1/s1. The highest BCUT2D eigenvalue weighted by atomic mass is 16.5. The largest absolute Gasteiger partial charge is 0.497 e. The number of aromatic nitrogens is 3. The molecule has 2 aromatic rings. The molecular formula is C19H22N4O3. The zero-order valence-corrected chi connectivity index (χ0v) is 14.9. The van der Waals surface area contributed by atoms with Crippen LogP contribution in [0, 0.1) is 0 Å². The molecule has 1 fully saturated rings. The monoisotopic (exact) mass is 354 g/mol. The fraction of sp³-hybridized carbons (Fsp3) is 0.421. The summed E-state index contributed by atoms with van der Waals surface area (Å²) in [7, 11) is 1.62. The van der Waals surface area contributed by atoms with Crippen LogP contribution in [-0.2, 0) is 9.53 Å². The van der Waals surface area contributed by atoms with Gasteiger partial charge >= 0.3 is 5.97 Å². The lowest BCUT2D eigenvalue weighted by Gasteiger charge is -2.29. The maximum absolute atomic E-state index is 13.0. The van der Waals surface area contributed by atoms with Crippen LogP contribution in [0.25, 0.3) is 0 Å². The van der Waals surface area contributed by atoms with Gasteiger partial charge in [-0.2, -0.15) is 10.1 Å². The molecule has 0 unspecified atom stereocenters. The van der Waals surface area contributed by atoms with Crippen LogP contribution in [0.2, 0.25) is 0 Å². The van der Waals surface area contributed by atoms with Crippen molar-refractivity contribution in [2.45, 2.75) is 44.8 Å². The molecule has 2 aliphatic rings. The van der Waals surface area contributed by atoms with Crippen molar-refractivity contribution < 1.29 is 14.3 Å². The number of hydrogen-bond acceptors (Lipinski definition) is 6. The van der Waals surface area contributed by atoms with Crippen LogP contribution in [0.4, 0.5) is 5.95 Å². The fourth-order valence-electron chi connectivity index (χ4n) is 3.70. The van der Waals surface area contributed by atoms with Gasteiger partial charge in [-0.25, -0.2) is 9.48 Å². The number of fused-ring (bicyclic) bond motifs is 1. The second-order valence-corrected chi connectivity index (χ2v) is 6.68. The number of anilines is 1. The highest BCUT2D eigenvalue weighted by Crippen LogP contribution is 2.37. The molecule has 7 nitrogen and oxygen atoms in total. The molecule has 26 heavy (non-hydrogen) atoms. The number of rotatable bonds is 4. The van der Waals surface area contributed by atoms with Gasteiger partial charge < -0.3 is 14.8 Å². The van der Waals surface area contributed by atoms with Gasteiger partial charge in [-0.1, -0.05) is 12.1 Å². The Morgan fingerprint density at radius 3 is 2.88 bits per heavy atom. The zero-order chi connectivity index (χ0) is 18.1. The quantitative estimate of drug-likeness (QED) is 0.850. The lowest BCUT2D eigenvalue weighted by molar-refractivity contribution is -0.144. The summed E-state index contributed by atoms with van der Waals surface area (Å²) in [5.41, 5.74) is 2.19. The lowest BCUT2D eigenvalue weighted by Crippen LogP contribution is -2.31. The van der Waals surface area contributed by atoms with Crippen LogP contribution in [0.1, 0.15) is 44.2 Å². The molecule has 136 valence electrons. The summed E-state index contributed by atoms with van der Waals surface area (Å²) >= 11 is 0. The number of carbonyl (C=O) groups excluding carboxylic acids is 1. The van der Waals surface area contributed by atoms with Crippen molar-refractivity contribution in [2.24, 2.45) is 0 Å². The molecule has 1 aromatic carbocycles. The molecule has 0 spiro atoms. The Bertz CT molecular complexity index is 852. The minimum Gasteiger partial charge on any atom is -0.497 e. The van der Waals surface area contributed by atoms with E-state index in [9.17, 15) is 4.79 Å². The Balaban J connectivity index is 1.74. The third-order valence-electron chi connectivity index (χ3n) is 5.00. The van der Waals surface area contributed by atoms with Crippen molar-refractivity contribution in [2.75, 3.05) is 12.4 Å². The molecule has 1 saturated carbocycles. The van der Waals surface area contributed by atoms with E-state index in [1.807, 2.05) is 31.2 Å². The average molecular weight is 354 g/mol. The SMILES string of the molecule is COc1cccc([C@@H]2C(C(=O)OC3CCCC3)=C(C)Nc3ncnn32)c1. The van der Waals surface area contributed by atoms with Crippen molar-refractivity contribution in [3.05, 3.63) is 47.4 Å². The Hall–Kier alpha value is -2.83. The topological polar surface area (TPSA) is 78.3 Å². The van der Waals surface area contributed by atoms with E-state index in [1.54, 1.807) is 11.8 Å². The van der Waals surface area contributed by atoms with Crippen LogP contribution in [0.3, 0.4) is 0 Å². The van der Waals surface area contributed by atoms with E-state index in [-0.39, 0.29) is 12.1 Å². The number of methoxy groups -OCH3 is 1. The van der Waals surface area contributed by atoms with Crippen molar-refractivity contribution in [3.8, 4) is 5.75 Å². The van der Waals surface area contributed by atoms with Crippen LogP contribution in [-0.4, -0.2) is 33.9 Å². The fourth-order valence-corrected chi connectivity index (χ4v) is 3.70. The van der Waals surface area contributed by atoms with Gasteiger partial charge in [-0.15, -0.1) is 0 Å². The Morgan fingerprint density at radius 1 is 1.31 bits per heavy atom. The minimum absolute atomic E-state index is 0.00547. The van der Waals surface area contributed by atoms with E-state index in [0.29, 0.717) is 11.5 Å². The molecule has 1 aliphatic heterocycles. The maximum Gasteiger partial charge on any atom is 0.338 e. The maximum atomic E-state index is 13.0. The highest BCUT2D eigenvalue weighted by Gasteiger charge is 2.35. The van der Waals surface area contributed by atoms with E-state index in [0.717, 1.165) is 42.7 Å². The first-order valence-electron chi connectivity index (χ1n) is 8.89. The third-order valence-corrected chi connectivity index (χ3v) is 5.00. The van der Waals surface area contributed by atoms with Crippen LogP contribution >= 0.6 is 0 Å². The molecule has 0 amide bonds. The van der Waals surface area contributed by atoms with Crippen LogP contribution < -0.4 is 10.1 Å². The Labute approximate surface area is 152 Å². The first-order chi connectivity index (χ1) is 12.7. The molecular weight excluding hydrogens is 332 g/mol. The van der Waals surface area contributed by atoms with Gasteiger partial charge in [0.05, 0.1) is 12.7 Å². The number of benzene rings is 1. The van der Waals surface area contributed by atoms with Crippen LogP contribution in [0.5, 0.6) is 5.75 Å². The van der Waals surface area contributed by atoms with Gasteiger partial charge in [0.15, 0.2) is 0 Å². The molecule has 4 rings (SSSR count). The average Bonchev–Trinajstić information content (AvgIpc) is 3.32. The molecule has 1 aromatic heterocycles. The van der Waals surface area contributed by atoms with E-state index < -0.39 is 6.04 Å². The normalized spacial score (nSPS) is 19.8. The van der Waals surface area contributed by atoms with Crippen molar-refractivity contribution in [1.29, 1.82) is 0 Å². The Morgan fingerprint density at radius 2 is 2.12 bits per heavy atom. The van der Waals surface area contributed by atoms with Gasteiger partial charge in [0.1, 0.15) is 24.2 Å². The van der Waals surface area contributed by atoms with E-state index >= 15 is 0 Å².